The molecule has 2 aromatic rings. The largest absolute Gasteiger partial charge is 0.451 e. The normalized spacial score (nSPS) is 17.2. The topological polar surface area (TPSA) is 59.5 Å². The van der Waals surface area contributed by atoms with E-state index >= 15 is 0 Å². The predicted molar refractivity (Wildman–Crippen MR) is 103 cm³/mol. The van der Waals surface area contributed by atoms with Gasteiger partial charge in [0.15, 0.2) is 6.61 Å². The molecule has 0 unspecified atom stereocenters. The van der Waals surface area contributed by atoms with Gasteiger partial charge in [0.2, 0.25) is 0 Å². The highest BCUT2D eigenvalue weighted by Crippen LogP contribution is 2.30. The van der Waals surface area contributed by atoms with Crippen LogP contribution in [-0.2, 0) is 9.53 Å². The molecule has 26 heavy (non-hydrogen) atoms. The number of benzene rings is 1. The van der Waals surface area contributed by atoms with E-state index in [1.165, 1.54) is 11.3 Å². The van der Waals surface area contributed by atoms with Crippen molar-refractivity contribution in [3.63, 3.8) is 0 Å². The first-order valence-electron chi connectivity index (χ1n) is 8.62. The molecular formula is C19H21ClN2O3S. The minimum Gasteiger partial charge on any atom is -0.451 e. The number of carbonyl (C=O) groups excluding carboxylic acids is 2. The van der Waals surface area contributed by atoms with Crippen molar-refractivity contribution in [1.82, 2.24) is 9.88 Å². The van der Waals surface area contributed by atoms with Crippen LogP contribution in [0.4, 0.5) is 0 Å². The number of halogens is 1. The molecule has 7 heteroatoms. The number of likely N-dealkylation sites (tertiary alicyclic amines) is 1. The van der Waals surface area contributed by atoms with Crippen LogP contribution in [0, 0.1) is 12.8 Å². The number of ether oxygens (including phenoxy) is 1. The van der Waals surface area contributed by atoms with Crippen LogP contribution in [0.25, 0.3) is 10.6 Å². The van der Waals surface area contributed by atoms with Crippen molar-refractivity contribution in [1.29, 1.82) is 0 Å². The molecule has 2 heterocycles. The van der Waals surface area contributed by atoms with Gasteiger partial charge in [-0.05, 0) is 37.8 Å². The minimum absolute atomic E-state index is 0.137. The quantitative estimate of drug-likeness (QED) is 0.732. The summed E-state index contributed by atoms with van der Waals surface area (Å²) in [5.41, 5.74) is 1.44. The fourth-order valence-corrected chi connectivity index (χ4v) is 4.18. The smallest absolute Gasteiger partial charge is 0.350 e. The number of esters is 1. The van der Waals surface area contributed by atoms with Crippen LogP contribution in [0.3, 0.4) is 0 Å². The van der Waals surface area contributed by atoms with E-state index in [9.17, 15) is 9.59 Å². The van der Waals surface area contributed by atoms with Crippen molar-refractivity contribution in [2.45, 2.75) is 26.7 Å². The van der Waals surface area contributed by atoms with E-state index in [0.29, 0.717) is 26.5 Å². The molecule has 0 bridgehead atoms. The van der Waals surface area contributed by atoms with Gasteiger partial charge < -0.3 is 9.64 Å². The van der Waals surface area contributed by atoms with Gasteiger partial charge in [-0.25, -0.2) is 9.78 Å². The fraction of sp³-hybridized carbons (Fsp3) is 0.421. The van der Waals surface area contributed by atoms with Crippen molar-refractivity contribution in [3.05, 3.63) is 39.9 Å². The average Bonchev–Trinajstić information content (AvgIpc) is 3.01. The summed E-state index contributed by atoms with van der Waals surface area (Å²) in [6.45, 7) is 5.13. The Labute approximate surface area is 161 Å². The highest BCUT2D eigenvalue weighted by molar-refractivity contribution is 7.17. The molecule has 1 amide bonds. The number of carbonyl (C=O) groups is 2. The Bertz CT molecular complexity index is 821. The van der Waals surface area contributed by atoms with E-state index in [-0.39, 0.29) is 12.5 Å². The summed E-state index contributed by atoms with van der Waals surface area (Å²) >= 11 is 7.26. The van der Waals surface area contributed by atoms with Gasteiger partial charge in [0.25, 0.3) is 5.91 Å². The average molecular weight is 393 g/mol. The SMILES string of the molecule is Cc1nc(-c2cccc(Cl)c2)sc1C(=O)OCC(=O)N1CCC[C@@H](C)C1. The van der Waals surface area contributed by atoms with E-state index < -0.39 is 5.97 Å². The Hall–Kier alpha value is -1.92. The lowest BCUT2D eigenvalue weighted by Crippen LogP contribution is -2.41. The summed E-state index contributed by atoms with van der Waals surface area (Å²) in [5.74, 6) is -0.152. The Morgan fingerprint density at radius 2 is 2.23 bits per heavy atom. The molecule has 5 nitrogen and oxygen atoms in total. The minimum atomic E-state index is -0.508. The zero-order valence-electron chi connectivity index (χ0n) is 14.8. The number of hydrogen-bond acceptors (Lipinski definition) is 5. The molecule has 1 atom stereocenters. The molecule has 1 fully saturated rings. The number of nitrogens with zero attached hydrogens (tertiary/aromatic N) is 2. The summed E-state index contributed by atoms with van der Waals surface area (Å²) in [7, 11) is 0. The van der Waals surface area contributed by atoms with Crippen LogP contribution in [0.2, 0.25) is 5.02 Å². The lowest BCUT2D eigenvalue weighted by Gasteiger charge is -2.30. The molecular weight excluding hydrogens is 372 g/mol. The van der Waals surface area contributed by atoms with Gasteiger partial charge in [0, 0.05) is 23.7 Å². The van der Waals surface area contributed by atoms with Gasteiger partial charge in [0.1, 0.15) is 9.88 Å². The van der Waals surface area contributed by atoms with E-state index in [2.05, 4.69) is 11.9 Å². The maximum atomic E-state index is 12.4. The Balaban J connectivity index is 1.64. The van der Waals surface area contributed by atoms with E-state index in [0.717, 1.165) is 31.5 Å². The van der Waals surface area contributed by atoms with Crippen LogP contribution in [0.5, 0.6) is 0 Å². The molecule has 1 aliphatic heterocycles. The summed E-state index contributed by atoms with van der Waals surface area (Å²) in [6.07, 6.45) is 2.13. The van der Waals surface area contributed by atoms with E-state index in [1.54, 1.807) is 24.0 Å². The predicted octanol–water partition coefficient (Wildman–Crippen LogP) is 4.19. The number of thiazole rings is 1. The summed E-state index contributed by atoms with van der Waals surface area (Å²) in [6, 6.07) is 7.31. The molecule has 1 aromatic heterocycles. The van der Waals surface area contributed by atoms with Crippen molar-refractivity contribution in [3.8, 4) is 10.6 Å². The van der Waals surface area contributed by atoms with Gasteiger partial charge in [-0.3, -0.25) is 4.79 Å². The molecule has 0 aliphatic carbocycles. The van der Waals surface area contributed by atoms with Crippen LogP contribution in [0.1, 0.15) is 35.1 Å². The first kappa shape index (κ1) is 18.9. The molecule has 3 rings (SSSR count). The molecule has 0 saturated carbocycles. The lowest BCUT2D eigenvalue weighted by atomic mass is 10.0. The highest BCUT2D eigenvalue weighted by atomic mass is 35.5. The fourth-order valence-electron chi connectivity index (χ4n) is 3.03. The number of hydrogen-bond donors (Lipinski definition) is 0. The van der Waals surface area contributed by atoms with Crippen molar-refractivity contribution < 1.29 is 14.3 Å². The monoisotopic (exact) mass is 392 g/mol. The summed E-state index contributed by atoms with van der Waals surface area (Å²) in [4.78, 5) is 31.3. The molecule has 1 aliphatic rings. The Morgan fingerprint density at radius 3 is 2.96 bits per heavy atom. The van der Waals surface area contributed by atoms with Crippen molar-refractivity contribution >= 4 is 34.8 Å². The molecule has 0 N–H and O–H groups in total. The van der Waals surface area contributed by atoms with Crippen LogP contribution in [-0.4, -0.2) is 41.5 Å². The number of amides is 1. The Kier molecular flexibility index (Phi) is 5.94. The number of aromatic nitrogens is 1. The maximum Gasteiger partial charge on any atom is 0.350 e. The third-order valence-corrected chi connectivity index (χ3v) is 5.81. The van der Waals surface area contributed by atoms with Crippen molar-refractivity contribution in [2.75, 3.05) is 19.7 Å². The summed E-state index contributed by atoms with van der Waals surface area (Å²) in [5, 5.41) is 1.31. The molecule has 1 saturated heterocycles. The molecule has 138 valence electrons. The zero-order valence-corrected chi connectivity index (χ0v) is 16.4. The number of rotatable bonds is 4. The highest BCUT2D eigenvalue weighted by Gasteiger charge is 2.23. The van der Waals surface area contributed by atoms with Gasteiger partial charge in [-0.2, -0.15) is 0 Å². The molecule has 1 aromatic carbocycles. The third-order valence-electron chi connectivity index (χ3n) is 4.39. The lowest BCUT2D eigenvalue weighted by molar-refractivity contribution is -0.136. The second-order valence-electron chi connectivity index (χ2n) is 6.61. The summed E-state index contributed by atoms with van der Waals surface area (Å²) < 4.78 is 5.25. The van der Waals surface area contributed by atoms with Crippen LogP contribution < -0.4 is 0 Å². The first-order valence-corrected chi connectivity index (χ1v) is 9.81. The number of piperidine rings is 1. The number of aryl methyl sites for hydroxylation is 1. The maximum absolute atomic E-state index is 12.4. The second kappa shape index (κ2) is 8.18. The third kappa shape index (κ3) is 4.43. The van der Waals surface area contributed by atoms with Gasteiger partial charge in [0.05, 0.1) is 5.69 Å². The molecule has 0 radical (unpaired) electrons. The van der Waals surface area contributed by atoms with Crippen molar-refractivity contribution in [2.24, 2.45) is 5.92 Å². The molecule has 0 spiro atoms. The Morgan fingerprint density at radius 1 is 1.42 bits per heavy atom. The second-order valence-corrected chi connectivity index (χ2v) is 8.04. The first-order chi connectivity index (χ1) is 12.4. The van der Waals surface area contributed by atoms with E-state index in [4.69, 9.17) is 16.3 Å². The van der Waals surface area contributed by atoms with Crippen LogP contribution >= 0.6 is 22.9 Å². The van der Waals surface area contributed by atoms with Crippen LogP contribution in [0.15, 0.2) is 24.3 Å². The standard InChI is InChI=1S/C19H21ClN2O3S/c1-12-5-4-8-22(10-12)16(23)11-25-19(24)17-13(2)21-18(26-17)14-6-3-7-15(20)9-14/h3,6-7,9,12H,4-5,8,10-11H2,1-2H3/t12-/m1/s1. The van der Waals surface area contributed by atoms with Gasteiger partial charge in [-0.1, -0.05) is 30.7 Å². The van der Waals surface area contributed by atoms with Gasteiger partial charge >= 0.3 is 5.97 Å². The van der Waals surface area contributed by atoms with E-state index in [1.807, 2.05) is 12.1 Å². The zero-order chi connectivity index (χ0) is 18.7. The van der Waals surface area contributed by atoms with Gasteiger partial charge in [-0.15, -0.1) is 11.3 Å².